The van der Waals surface area contributed by atoms with Gasteiger partial charge in [-0.2, -0.15) is 0 Å². The quantitative estimate of drug-likeness (QED) is 0.620. The van der Waals surface area contributed by atoms with Crippen LogP contribution in [0.15, 0.2) is 30.3 Å². The van der Waals surface area contributed by atoms with Crippen LogP contribution >= 0.6 is 0 Å². The van der Waals surface area contributed by atoms with Gasteiger partial charge in [0.05, 0.1) is 0 Å². The molecule has 1 unspecified atom stereocenters. The second kappa shape index (κ2) is 7.99. The summed E-state index contributed by atoms with van der Waals surface area (Å²) < 4.78 is 0. The third kappa shape index (κ3) is 5.06. The van der Waals surface area contributed by atoms with Gasteiger partial charge in [-0.15, -0.1) is 11.8 Å². The van der Waals surface area contributed by atoms with Gasteiger partial charge in [-0.05, 0) is 31.9 Å². The summed E-state index contributed by atoms with van der Waals surface area (Å²) in [4.78, 5) is 2.57. The molecule has 1 heterocycles. The molecule has 2 rings (SSSR count). The van der Waals surface area contributed by atoms with Gasteiger partial charge in [-0.1, -0.05) is 30.3 Å². The van der Waals surface area contributed by atoms with Crippen LogP contribution in [-0.2, 0) is 6.42 Å². The molecule has 1 aromatic carbocycles. The molecule has 0 bridgehead atoms. The number of hydrogen-bond acceptors (Lipinski definition) is 2. The lowest BCUT2D eigenvalue weighted by Crippen LogP contribution is -2.33. The molecule has 0 radical (unpaired) electrons. The van der Waals surface area contributed by atoms with Crippen LogP contribution in [0, 0.1) is 11.8 Å². The van der Waals surface area contributed by atoms with Gasteiger partial charge in [0.2, 0.25) is 0 Å². The van der Waals surface area contributed by atoms with Crippen LogP contribution in [0.25, 0.3) is 0 Å². The Balaban J connectivity index is 1.63. The zero-order valence-corrected chi connectivity index (χ0v) is 11.9. The number of rotatable bonds is 6. The Morgan fingerprint density at radius 3 is 2.95 bits per heavy atom. The predicted octanol–water partition coefficient (Wildman–Crippen LogP) is 2.31. The van der Waals surface area contributed by atoms with Crippen LogP contribution in [-0.4, -0.2) is 37.1 Å². The molecule has 1 fully saturated rings. The van der Waals surface area contributed by atoms with Gasteiger partial charge in [-0.25, -0.2) is 0 Å². The second-order valence-electron chi connectivity index (χ2n) is 5.15. The monoisotopic (exact) mass is 256 g/mol. The zero-order valence-electron chi connectivity index (χ0n) is 11.9. The normalized spacial score (nSPS) is 19.1. The Hall–Kier alpha value is -1.30. The fourth-order valence-corrected chi connectivity index (χ4v) is 2.60. The van der Waals surface area contributed by atoms with Gasteiger partial charge in [0.15, 0.2) is 0 Å². The van der Waals surface area contributed by atoms with E-state index < -0.39 is 0 Å². The van der Waals surface area contributed by atoms with Crippen LogP contribution in [0.3, 0.4) is 0 Å². The Labute approximate surface area is 117 Å². The minimum Gasteiger partial charge on any atom is -0.312 e. The predicted molar refractivity (Wildman–Crippen MR) is 81.1 cm³/mol. The second-order valence-corrected chi connectivity index (χ2v) is 5.15. The van der Waals surface area contributed by atoms with Gasteiger partial charge in [-0.3, -0.25) is 0 Å². The largest absolute Gasteiger partial charge is 0.312 e. The molecule has 1 atom stereocenters. The van der Waals surface area contributed by atoms with Crippen molar-refractivity contribution >= 4 is 0 Å². The van der Waals surface area contributed by atoms with E-state index in [0.717, 1.165) is 19.4 Å². The SMILES string of the molecule is CC#CCCNC1CCN(CCc2ccccc2)C1. The van der Waals surface area contributed by atoms with Crippen molar-refractivity contribution in [1.82, 2.24) is 10.2 Å². The van der Waals surface area contributed by atoms with Crippen molar-refractivity contribution < 1.29 is 0 Å². The van der Waals surface area contributed by atoms with E-state index >= 15 is 0 Å². The summed E-state index contributed by atoms with van der Waals surface area (Å²) in [6, 6.07) is 11.4. The number of nitrogens with one attached hydrogen (secondary N) is 1. The molecule has 0 aliphatic carbocycles. The van der Waals surface area contributed by atoms with Gasteiger partial charge in [0, 0.05) is 32.1 Å². The summed E-state index contributed by atoms with van der Waals surface area (Å²) in [7, 11) is 0. The lowest BCUT2D eigenvalue weighted by atomic mass is 10.1. The van der Waals surface area contributed by atoms with E-state index in [0.29, 0.717) is 6.04 Å². The van der Waals surface area contributed by atoms with Crippen molar-refractivity contribution in [3.05, 3.63) is 35.9 Å². The highest BCUT2D eigenvalue weighted by Crippen LogP contribution is 2.10. The van der Waals surface area contributed by atoms with E-state index in [-0.39, 0.29) is 0 Å². The molecule has 1 aliphatic heterocycles. The minimum atomic E-state index is 0.662. The van der Waals surface area contributed by atoms with Crippen molar-refractivity contribution in [1.29, 1.82) is 0 Å². The van der Waals surface area contributed by atoms with Crippen molar-refractivity contribution in [2.45, 2.75) is 32.2 Å². The summed E-state index contributed by atoms with van der Waals surface area (Å²) >= 11 is 0. The van der Waals surface area contributed by atoms with Gasteiger partial charge in [0.1, 0.15) is 0 Å². The Morgan fingerprint density at radius 1 is 1.32 bits per heavy atom. The molecular formula is C17H24N2. The maximum absolute atomic E-state index is 3.60. The van der Waals surface area contributed by atoms with E-state index in [1.54, 1.807) is 0 Å². The molecule has 2 heteroatoms. The molecule has 1 aliphatic rings. The van der Waals surface area contributed by atoms with Crippen LogP contribution in [0.4, 0.5) is 0 Å². The van der Waals surface area contributed by atoms with Crippen molar-refractivity contribution in [2.75, 3.05) is 26.2 Å². The highest BCUT2D eigenvalue weighted by molar-refractivity contribution is 5.14. The van der Waals surface area contributed by atoms with Crippen LogP contribution in [0.1, 0.15) is 25.3 Å². The molecule has 1 saturated heterocycles. The topological polar surface area (TPSA) is 15.3 Å². The first-order valence-electron chi connectivity index (χ1n) is 7.28. The standard InChI is InChI=1S/C17H24N2/c1-2-3-7-12-18-17-11-14-19(15-17)13-10-16-8-5-4-6-9-16/h4-6,8-9,17-18H,7,10-15H2,1H3. The summed E-state index contributed by atoms with van der Waals surface area (Å²) in [6.07, 6.45) is 3.40. The van der Waals surface area contributed by atoms with E-state index in [9.17, 15) is 0 Å². The smallest absolute Gasteiger partial charge is 0.0214 e. The van der Waals surface area contributed by atoms with Gasteiger partial charge < -0.3 is 10.2 Å². The summed E-state index contributed by atoms with van der Waals surface area (Å²) in [5, 5.41) is 3.60. The first-order valence-corrected chi connectivity index (χ1v) is 7.28. The molecule has 1 aromatic rings. The van der Waals surface area contributed by atoms with Crippen molar-refractivity contribution in [2.24, 2.45) is 0 Å². The highest BCUT2D eigenvalue weighted by Gasteiger charge is 2.20. The summed E-state index contributed by atoms with van der Waals surface area (Å²) in [5.41, 5.74) is 1.44. The zero-order chi connectivity index (χ0) is 13.3. The molecule has 0 amide bonds. The maximum Gasteiger partial charge on any atom is 0.0214 e. The number of likely N-dealkylation sites (tertiary alicyclic amines) is 1. The first-order chi connectivity index (χ1) is 9.38. The Kier molecular flexibility index (Phi) is 5.94. The van der Waals surface area contributed by atoms with Gasteiger partial charge in [0.25, 0.3) is 0 Å². The molecule has 2 nitrogen and oxygen atoms in total. The summed E-state index contributed by atoms with van der Waals surface area (Å²) in [5.74, 6) is 6.04. The fraction of sp³-hybridized carbons (Fsp3) is 0.529. The van der Waals surface area contributed by atoms with Crippen LogP contribution in [0.2, 0.25) is 0 Å². The van der Waals surface area contributed by atoms with Crippen LogP contribution in [0.5, 0.6) is 0 Å². The van der Waals surface area contributed by atoms with Gasteiger partial charge >= 0.3 is 0 Å². The van der Waals surface area contributed by atoms with Crippen LogP contribution < -0.4 is 5.32 Å². The highest BCUT2D eigenvalue weighted by atomic mass is 15.2. The number of hydrogen-bond donors (Lipinski definition) is 1. The molecule has 102 valence electrons. The number of benzene rings is 1. The Morgan fingerprint density at radius 2 is 2.16 bits per heavy atom. The molecule has 1 N–H and O–H groups in total. The summed E-state index contributed by atoms with van der Waals surface area (Å²) in [6.45, 7) is 6.52. The van der Waals surface area contributed by atoms with Crippen molar-refractivity contribution in [3.8, 4) is 11.8 Å². The molecule has 0 saturated carbocycles. The van der Waals surface area contributed by atoms with Crippen molar-refractivity contribution in [3.63, 3.8) is 0 Å². The minimum absolute atomic E-state index is 0.662. The third-order valence-electron chi connectivity index (χ3n) is 3.69. The maximum atomic E-state index is 3.60. The number of nitrogens with zero attached hydrogens (tertiary/aromatic N) is 1. The van der Waals surface area contributed by atoms with E-state index in [4.69, 9.17) is 0 Å². The lowest BCUT2D eigenvalue weighted by Gasteiger charge is -2.16. The Bertz CT molecular complexity index is 416. The molecule has 0 spiro atoms. The van der Waals surface area contributed by atoms with E-state index in [2.05, 4.69) is 52.4 Å². The molecular weight excluding hydrogens is 232 g/mol. The average Bonchev–Trinajstić information content (AvgIpc) is 2.91. The fourth-order valence-electron chi connectivity index (χ4n) is 2.60. The third-order valence-corrected chi connectivity index (χ3v) is 3.69. The first kappa shape index (κ1) is 14.1. The van der Waals surface area contributed by atoms with E-state index in [1.807, 2.05) is 6.92 Å². The lowest BCUT2D eigenvalue weighted by molar-refractivity contribution is 0.332. The molecule has 19 heavy (non-hydrogen) atoms. The molecule has 0 aromatic heterocycles. The average molecular weight is 256 g/mol. The van der Waals surface area contributed by atoms with E-state index in [1.165, 1.54) is 31.6 Å².